The highest BCUT2D eigenvalue weighted by Gasteiger charge is 2.24. The number of fused-ring (bicyclic) bond motifs is 3. The Morgan fingerprint density at radius 2 is 1.85 bits per heavy atom. The molecular formula is C21H23ClN4O+2. The fraction of sp³-hybridized carbons (Fsp3) is 0.286. The van der Waals surface area contributed by atoms with Gasteiger partial charge < -0.3 is 9.64 Å². The number of ether oxygens (including phenoxy) is 1. The van der Waals surface area contributed by atoms with E-state index in [9.17, 15) is 0 Å². The zero-order valence-corrected chi connectivity index (χ0v) is 15.9. The van der Waals surface area contributed by atoms with Gasteiger partial charge in [0.1, 0.15) is 49.1 Å². The maximum atomic E-state index is 6.10. The van der Waals surface area contributed by atoms with Crippen LogP contribution in [0.4, 0.5) is 0 Å². The van der Waals surface area contributed by atoms with E-state index in [2.05, 4.69) is 56.5 Å². The Labute approximate surface area is 162 Å². The number of imidazole rings is 2. The zero-order chi connectivity index (χ0) is 18.2. The molecule has 6 heteroatoms. The van der Waals surface area contributed by atoms with Crippen LogP contribution in [0.25, 0.3) is 28.1 Å². The predicted octanol–water partition coefficient (Wildman–Crippen LogP) is 1.94. The molecule has 0 bridgehead atoms. The molecule has 0 saturated carbocycles. The molecule has 3 heterocycles. The predicted molar refractivity (Wildman–Crippen MR) is 106 cm³/mol. The fourth-order valence-corrected chi connectivity index (χ4v) is 4.10. The molecule has 1 fully saturated rings. The monoisotopic (exact) mass is 382 g/mol. The van der Waals surface area contributed by atoms with Crippen molar-refractivity contribution in [1.29, 1.82) is 0 Å². The molecule has 0 spiro atoms. The third-order valence-electron chi connectivity index (χ3n) is 5.46. The van der Waals surface area contributed by atoms with Crippen LogP contribution < -0.4 is 9.30 Å². The van der Waals surface area contributed by atoms with E-state index >= 15 is 0 Å². The summed E-state index contributed by atoms with van der Waals surface area (Å²) >= 11 is 6.10. The molecule has 0 unspecified atom stereocenters. The van der Waals surface area contributed by atoms with Gasteiger partial charge in [0.2, 0.25) is 0 Å². The topological polar surface area (TPSA) is 38.5 Å². The maximum Gasteiger partial charge on any atom is 0.368 e. The average molecular weight is 383 g/mol. The van der Waals surface area contributed by atoms with Gasteiger partial charge >= 0.3 is 5.78 Å². The average Bonchev–Trinajstić information content (AvgIpc) is 3.24. The fourth-order valence-electron chi connectivity index (χ4n) is 3.98. The number of nitrogens with zero attached hydrogens (tertiary/aromatic N) is 2. The Kier molecular flexibility index (Phi) is 4.36. The van der Waals surface area contributed by atoms with E-state index in [0.29, 0.717) is 0 Å². The summed E-state index contributed by atoms with van der Waals surface area (Å²) in [5.74, 6) is 1.12. The number of benzene rings is 2. The molecule has 0 radical (unpaired) electrons. The first-order chi connectivity index (χ1) is 13.3. The molecule has 5 nitrogen and oxygen atoms in total. The van der Waals surface area contributed by atoms with Crippen LogP contribution in [0.3, 0.4) is 0 Å². The molecule has 4 aromatic rings. The van der Waals surface area contributed by atoms with Gasteiger partial charge in [-0.25, -0.2) is 9.55 Å². The molecule has 2 N–H and O–H groups in total. The molecule has 2 aromatic carbocycles. The molecule has 0 aliphatic carbocycles. The number of rotatable bonds is 4. The van der Waals surface area contributed by atoms with Gasteiger partial charge in [-0.3, -0.25) is 0 Å². The van der Waals surface area contributed by atoms with Crippen molar-refractivity contribution in [3.63, 3.8) is 0 Å². The molecule has 1 aliphatic rings. The number of nitrogens with one attached hydrogen (secondary N) is 2. The number of para-hydroxylation sites is 2. The summed E-state index contributed by atoms with van der Waals surface area (Å²) in [5, 5.41) is 0.762. The number of quaternary nitrogens is 1. The summed E-state index contributed by atoms with van der Waals surface area (Å²) in [7, 11) is 0. The van der Waals surface area contributed by atoms with Crippen LogP contribution in [0.2, 0.25) is 5.02 Å². The lowest BCUT2D eigenvalue weighted by atomic mass is 10.1. The lowest BCUT2D eigenvalue weighted by Crippen LogP contribution is -3.14. The SMILES string of the molecule is Clc1ccc(-c2c[n+]3c4ccccc4[nH]c3n2CC[NH+]2CCOCC2)cc1. The first-order valence-electron chi connectivity index (χ1n) is 9.48. The van der Waals surface area contributed by atoms with Gasteiger partial charge in [-0.2, -0.15) is 4.40 Å². The number of aromatic amines is 1. The smallest absolute Gasteiger partial charge is 0.368 e. The van der Waals surface area contributed by atoms with Gasteiger partial charge in [-0.05, 0) is 36.4 Å². The third kappa shape index (κ3) is 3.12. The minimum absolute atomic E-state index is 0.762. The Bertz CT molecular complexity index is 1080. The second-order valence-electron chi connectivity index (χ2n) is 7.12. The van der Waals surface area contributed by atoms with E-state index in [1.807, 2.05) is 12.1 Å². The van der Waals surface area contributed by atoms with Gasteiger partial charge in [0.05, 0.1) is 13.2 Å². The van der Waals surface area contributed by atoms with E-state index in [1.165, 1.54) is 16.8 Å². The quantitative estimate of drug-likeness (QED) is 0.520. The second kappa shape index (κ2) is 7.00. The minimum atomic E-state index is 0.762. The first-order valence-corrected chi connectivity index (χ1v) is 9.86. The standard InChI is InChI=1S/C21H21ClN4O/c22-17-7-5-16(6-8-17)20-15-26-19-4-2-1-3-18(19)23-21(26)25(20)10-9-24-11-13-27-14-12-24/h1-8,15H,9-14H2/p+2. The van der Waals surface area contributed by atoms with Crippen LogP contribution in [-0.2, 0) is 11.3 Å². The molecule has 138 valence electrons. The summed E-state index contributed by atoms with van der Waals surface area (Å²) in [6.45, 7) is 5.94. The Hall–Kier alpha value is -2.34. The highest BCUT2D eigenvalue weighted by atomic mass is 35.5. The van der Waals surface area contributed by atoms with Crippen molar-refractivity contribution in [2.75, 3.05) is 32.8 Å². The molecule has 0 amide bonds. The van der Waals surface area contributed by atoms with Crippen LogP contribution in [0, 0.1) is 0 Å². The van der Waals surface area contributed by atoms with Crippen molar-refractivity contribution in [2.45, 2.75) is 6.54 Å². The second-order valence-corrected chi connectivity index (χ2v) is 7.56. The summed E-state index contributed by atoms with van der Waals surface area (Å²) in [6, 6.07) is 16.5. The van der Waals surface area contributed by atoms with Crippen LogP contribution in [0.15, 0.2) is 54.7 Å². The normalized spacial score (nSPS) is 15.7. The summed E-state index contributed by atoms with van der Waals surface area (Å²) < 4.78 is 10.2. The number of morpholine rings is 1. The molecular weight excluding hydrogens is 360 g/mol. The number of H-pyrrole nitrogens is 1. The van der Waals surface area contributed by atoms with Gasteiger partial charge in [-0.1, -0.05) is 23.7 Å². The number of halogens is 1. The molecule has 1 aliphatic heterocycles. The van der Waals surface area contributed by atoms with Gasteiger partial charge in [0, 0.05) is 10.6 Å². The summed E-state index contributed by atoms with van der Waals surface area (Å²) in [6.07, 6.45) is 2.23. The van der Waals surface area contributed by atoms with Crippen LogP contribution in [0.5, 0.6) is 0 Å². The molecule has 2 aromatic heterocycles. The van der Waals surface area contributed by atoms with Crippen molar-refractivity contribution in [3.8, 4) is 11.3 Å². The lowest BCUT2D eigenvalue weighted by Gasteiger charge is -2.23. The summed E-state index contributed by atoms with van der Waals surface area (Å²) in [4.78, 5) is 5.20. The number of hydrogen-bond acceptors (Lipinski definition) is 1. The molecule has 5 rings (SSSR count). The van der Waals surface area contributed by atoms with E-state index in [-0.39, 0.29) is 0 Å². The molecule has 27 heavy (non-hydrogen) atoms. The number of aromatic nitrogens is 3. The highest BCUT2D eigenvalue weighted by molar-refractivity contribution is 6.30. The Morgan fingerprint density at radius 3 is 2.67 bits per heavy atom. The van der Waals surface area contributed by atoms with Crippen molar-refractivity contribution < 1.29 is 14.0 Å². The van der Waals surface area contributed by atoms with Crippen LogP contribution >= 0.6 is 11.6 Å². The van der Waals surface area contributed by atoms with Crippen molar-refractivity contribution in [1.82, 2.24) is 9.55 Å². The molecule has 1 saturated heterocycles. The van der Waals surface area contributed by atoms with E-state index in [4.69, 9.17) is 16.3 Å². The zero-order valence-electron chi connectivity index (χ0n) is 15.1. The van der Waals surface area contributed by atoms with Crippen LogP contribution in [0.1, 0.15) is 0 Å². The largest absolute Gasteiger partial charge is 0.370 e. The van der Waals surface area contributed by atoms with E-state index < -0.39 is 0 Å². The van der Waals surface area contributed by atoms with Crippen LogP contribution in [-0.4, -0.2) is 42.4 Å². The Morgan fingerprint density at radius 1 is 1.07 bits per heavy atom. The van der Waals surface area contributed by atoms with Crippen molar-refractivity contribution in [2.24, 2.45) is 0 Å². The molecule has 0 atom stereocenters. The van der Waals surface area contributed by atoms with Gasteiger partial charge in [0.25, 0.3) is 0 Å². The maximum absolute atomic E-state index is 6.10. The van der Waals surface area contributed by atoms with E-state index in [0.717, 1.165) is 55.7 Å². The van der Waals surface area contributed by atoms with Gasteiger partial charge in [-0.15, -0.1) is 0 Å². The Balaban J connectivity index is 1.59. The highest BCUT2D eigenvalue weighted by Crippen LogP contribution is 2.24. The lowest BCUT2D eigenvalue weighted by molar-refractivity contribution is -0.908. The van der Waals surface area contributed by atoms with Gasteiger partial charge in [0.15, 0.2) is 0 Å². The minimum Gasteiger partial charge on any atom is -0.370 e. The van der Waals surface area contributed by atoms with Crippen molar-refractivity contribution >= 4 is 28.4 Å². The third-order valence-corrected chi connectivity index (χ3v) is 5.72. The first kappa shape index (κ1) is 16.8. The van der Waals surface area contributed by atoms with E-state index in [1.54, 1.807) is 4.90 Å². The summed E-state index contributed by atoms with van der Waals surface area (Å²) in [5.41, 5.74) is 4.73. The number of hydrogen-bond donors (Lipinski definition) is 2. The van der Waals surface area contributed by atoms with Crippen molar-refractivity contribution in [3.05, 3.63) is 59.8 Å².